The summed E-state index contributed by atoms with van der Waals surface area (Å²) < 4.78 is 7.58. The summed E-state index contributed by atoms with van der Waals surface area (Å²) in [5.74, 6) is 3.21. The van der Waals surface area contributed by atoms with E-state index in [0.717, 1.165) is 50.8 Å². The highest BCUT2D eigenvalue weighted by atomic mass is 16.5. The van der Waals surface area contributed by atoms with Gasteiger partial charge in [0.2, 0.25) is 0 Å². The Hall–Kier alpha value is -4.13. The molecule has 0 aliphatic carbocycles. The number of methoxy groups -OCH3 is 1. The molecule has 3 aromatic heterocycles. The zero-order valence-corrected chi connectivity index (χ0v) is 21.0. The van der Waals surface area contributed by atoms with Crippen molar-refractivity contribution in [3.8, 4) is 16.9 Å². The molecule has 0 bridgehead atoms. The monoisotopic (exact) mass is 466 g/mol. The highest BCUT2D eigenvalue weighted by molar-refractivity contribution is 5.93. The van der Waals surface area contributed by atoms with Crippen LogP contribution in [0.3, 0.4) is 0 Å². The summed E-state index contributed by atoms with van der Waals surface area (Å²) in [6, 6.07) is 19.0. The maximum atomic E-state index is 5.70. The minimum absolute atomic E-state index is 0.0982. The first kappa shape index (κ1) is 22.7. The number of aromatic nitrogens is 4. The molecule has 0 amide bonds. The molecule has 7 heteroatoms. The van der Waals surface area contributed by atoms with E-state index < -0.39 is 0 Å². The van der Waals surface area contributed by atoms with Crippen molar-refractivity contribution in [2.75, 3.05) is 31.4 Å². The molecule has 2 aromatic carbocycles. The van der Waals surface area contributed by atoms with Crippen molar-refractivity contribution in [1.82, 2.24) is 19.6 Å². The summed E-state index contributed by atoms with van der Waals surface area (Å²) in [4.78, 5) is 11.4. The Balaban J connectivity index is 1.60. The molecule has 0 fully saturated rings. The SMILES string of the molecule is COc1cc(-c2ccc3nc(C)nc(N[C@H](C)c4cccc(C)c4)c3c2)cn2nc(N(C)C)cc12. The Kier molecular flexibility index (Phi) is 5.76. The van der Waals surface area contributed by atoms with Gasteiger partial charge in [0.1, 0.15) is 22.9 Å². The topological polar surface area (TPSA) is 67.6 Å². The number of rotatable bonds is 6. The van der Waals surface area contributed by atoms with Crippen LogP contribution in [0, 0.1) is 13.8 Å². The van der Waals surface area contributed by atoms with Gasteiger partial charge in [-0.3, -0.25) is 0 Å². The van der Waals surface area contributed by atoms with Crippen LogP contribution < -0.4 is 15.0 Å². The lowest BCUT2D eigenvalue weighted by Crippen LogP contribution is -2.09. The summed E-state index contributed by atoms with van der Waals surface area (Å²) in [5.41, 5.74) is 6.33. The van der Waals surface area contributed by atoms with Crippen LogP contribution in [0.2, 0.25) is 0 Å². The summed E-state index contributed by atoms with van der Waals surface area (Å²) >= 11 is 0. The molecule has 0 saturated heterocycles. The van der Waals surface area contributed by atoms with Crippen LogP contribution in [-0.2, 0) is 0 Å². The third-order valence-electron chi connectivity index (χ3n) is 6.24. The normalized spacial score (nSPS) is 12.2. The van der Waals surface area contributed by atoms with Gasteiger partial charge in [-0.25, -0.2) is 14.5 Å². The van der Waals surface area contributed by atoms with E-state index in [1.807, 2.05) is 48.8 Å². The number of benzene rings is 2. The number of nitrogens with zero attached hydrogens (tertiary/aromatic N) is 5. The average Bonchev–Trinajstić information content (AvgIpc) is 3.28. The van der Waals surface area contributed by atoms with Gasteiger partial charge in [0.15, 0.2) is 5.82 Å². The largest absolute Gasteiger partial charge is 0.494 e. The number of aryl methyl sites for hydroxylation is 2. The molecule has 1 atom stereocenters. The fourth-order valence-corrected chi connectivity index (χ4v) is 4.35. The Morgan fingerprint density at radius 1 is 0.971 bits per heavy atom. The van der Waals surface area contributed by atoms with Crippen molar-refractivity contribution in [2.24, 2.45) is 0 Å². The van der Waals surface area contributed by atoms with Gasteiger partial charge >= 0.3 is 0 Å². The smallest absolute Gasteiger partial charge is 0.151 e. The molecule has 5 rings (SSSR count). The van der Waals surface area contributed by atoms with Gasteiger partial charge in [-0.2, -0.15) is 5.10 Å². The first-order chi connectivity index (χ1) is 16.8. The lowest BCUT2D eigenvalue weighted by atomic mass is 10.0. The highest BCUT2D eigenvalue weighted by Gasteiger charge is 2.15. The van der Waals surface area contributed by atoms with Crippen molar-refractivity contribution < 1.29 is 4.74 Å². The predicted octanol–water partition coefficient (Wildman–Crippen LogP) is 5.81. The van der Waals surface area contributed by atoms with Crippen molar-refractivity contribution in [3.05, 3.63) is 77.7 Å². The van der Waals surface area contributed by atoms with Gasteiger partial charge in [0.05, 0.1) is 12.6 Å². The first-order valence-corrected chi connectivity index (χ1v) is 11.7. The van der Waals surface area contributed by atoms with Gasteiger partial charge < -0.3 is 15.0 Å². The Labute approximate surface area is 205 Å². The number of nitrogens with one attached hydrogen (secondary N) is 1. The van der Waals surface area contributed by atoms with Crippen molar-refractivity contribution in [3.63, 3.8) is 0 Å². The fraction of sp³-hybridized carbons (Fsp3) is 0.250. The summed E-state index contributed by atoms with van der Waals surface area (Å²) in [7, 11) is 5.65. The second-order valence-corrected chi connectivity index (χ2v) is 9.16. The number of hydrogen-bond donors (Lipinski definition) is 1. The van der Waals surface area contributed by atoms with E-state index in [1.54, 1.807) is 7.11 Å². The first-order valence-electron chi connectivity index (χ1n) is 11.7. The van der Waals surface area contributed by atoms with E-state index in [9.17, 15) is 0 Å². The molecule has 0 radical (unpaired) electrons. The Morgan fingerprint density at radius 2 is 1.80 bits per heavy atom. The van der Waals surface area contributed by atoms with Crippen LogP contribution in [0.1, 0.15) is 29.9 Å². The lowest BCUT2D eigenvalue weighted by molar-refractivity contribution is 0.417. The molecule has 3 heterocycles. The molecule has 7 nitrogen and oxygen atoms in total. The van der Waals surface area contributed by atoms with Gasteiger partial charge in [-0.15, -0.1) is 0 Å². The molecule has 5 aromatic rings. The van der Waals surface area contributed by atoms with Crippen molar-refractivity contribution >= 4 is 28.1 Å². The lowest BCUT2D eigenvalue weighted by Gasteiger charge is -2.18. The van der Waals surface area contributed by atoms with E-state index in [1.165, 1.54) is 11.1 Å². The van der Waals surface area contributed by atoms with E-state index in [-0.39, 0.29) is 6.04 Å². The average molecular weight is 467 g/mol. The van der Waals surface area contributed by atoms with Gasteiger partial charge in [-0.1, -0.05) is 35.9 Å². The van der Waals surface area contributed by atoms with E-state index in [0.29, 0.717) is 0 Å². The molecule has 0 aliphatic heterocycles. The molecule has 0 unspecified atom stereocenters. The van der Waals surface area contributed by atoms with E-state index in [2.05, 4.69) is 66.6 Å². The van der Waals surface area contributed by atoms with Gasteiger partial charge in [0.25, 0.3) is 0 Å². The zero-order chi connectivity index (χ0) is 24.7. The fourth-order valence-electron chi connectivity index (χ4n) is 4.35. The molecule has 0 spiro atoms. The number of ether oxygens (including phenoxy) is 1. The predicted molar refractivity (Wildman–Crippen MR) is 143 cm³/mol. The van der Waals surface area contributed by atoms with Crippen LogP contribution in [0.4, 0.5) is 11.6 Å². The van der Waals surface area contributed by atoms with Gasteiger partial charge in [-0.05, 0) is 50.1 Å². The Morgan fingerprint density at radius 3 is 2.54 bits per heavy atom. The van der Waals surface area contributed by atoms with Crippen molar-refractivity contribution in [2.45, 2.75) is 26.8 Å². The summed E-state index contributed by atoms with van der Waals surface area (Å²) in [6.45, 7) is 6.19. The zero-order valence-electron chi connectivity index (χ0n) is 21.0. The maximum absolute atomic E-state index is 5.70. The van der Waals surface area contributed by atoms with E-state index in [4.69, 9.17) is 14.8 Å². The number of fused-ring (bicyclic) bond motifs is 2. The van der Waals surface area contributed by atoms with Crippen LogP contribution in [0.15, 0.2) is 60.8 Å². The molecular formula is C28H30N6O. The summed E-state index contributed by atoms with van der Waals surface area (Å²) in [5, 5.41) is 9.29. The third kappa shape index (κ3) is 4.37. The Bertz CT molecular complexity index is 1540. The maximum Gasteiger partial charge on any atom is 0.151 e. The van der Waals surface area contributed by atoms with Crippen LogP contribution >= 0.6 is 0 Å². The second-order valence-electron chi connectivity index (χ2n) is 9.16. The van der Waals surface area contributed by atoms with Crippen molar-refractivity contribution in [1.29, 1.82) is 0 Å². The van der Waals surface area contributed by atoms with Crippen LogP contribution in [-0.4, -0.2) is 40.8 Å². The standard InChI is InChI=1S/C28H30N6O/c1-17-8-7-9-20(12-17)18(2)29-28-23-13-21(10-11-24(23)30-19(3)31-28)22-14-26(35-6)25-15-27(33(4)5)32-34(25)16-22/h7-16,18H,1-6H3,(H,29,30,31)/t18-/m1/s1. The molecule has 1 N–H and O–H groups in total. The number of anilines is 2. The summed E-state index contributed by atoms with van der Waals surface area (Å²) in [6.07, 6.45) is 2.03. The molecule has 178 valence electrons. The van der Waals surface area contributed by atoms with Crippen LogP contribution in [0.5, 0.6) is 5.75 Å². The minimum atomic E-state index is 0.0982. The van der Waals surface area contributed by atoms with Gasteiger partial charge in [0, 0.05) is 43.4 Å². The number of hydrogen-bond acceptors (Lipinski definition) is 6. The van der Waals surface area contributed by atoms with Crippen LogP contribution in [0.25, 0.3) is 27.5 Å². The molecule has 35 heavy (non-hydrogen) atoms. The highest BCUT2D eigenvalue weighted by Crippen LogP contribution is 2.33. The second kappa shape index (κ2) is 8.91. The van der Waals surface area contributed by atoms with E-state index >= 15 is 0 Å². The molecule has 0 aliphatic rings. The third-order valence-corrected chi connectivity index (χ3v) is 6.24. The molecule has 0 saturated carbocycles. The molecular weight excluding hydrogens is 436 g/mol. The quantitative estimate of drug-likeness (QED) is 0.341. The minimum Gasteiger partial charge on any atom is -0.494 e. The number of pyridine rings is 1.